The quantitative estimate of drug-likeness (QED) is 0.776. The molecule has 0 aliphatic heterocycles. The molecule has 1 saturated carbocycles. The number of nitrogens with one attached hydrogen (secondary N) is 1. The van der Waals surface area contributed by atoms with E-state index in [1.54, 1.807) is 12.4 Å². The second-order valence-corrected chi connectivity index (χ2v) is 5.91. The summed E-state index contributed by atoms with van der Waals surface area (Å²) in [5.74, 6) is 2.06. The minimum Gasteiger partial charge on any atom is -0.477 e. The number of rotatable bonds is 7. The van der Waals surface area contributed by atoms with Crippen LogP contribution in [0.5, 0.6) is 5.88 Å². The SMILES string of the molecule is CCCOc1cncc(NCC2(CCl)CCCCC2)n1. The van der Waals surface area contributed by atoms with Gasteiger partial charge in [0, 0.05) is 17.8 Å². The van der Waals surface area contributed by atoms with E-state index < -0.39 is 0 Å². The van der Waals surface area contributed by atoms with Crippen molar-refractivity contribution in [2.24, 2.45) is 5.41 Å². The van der Waals surface area contributed by atoms with Gasteiger partial charge in [-0.1, -0.05) is 26.2 Å². The third-order valence-corrected chi connectivity index (χ3v) is 4.48. The first kappa shape index (κ1) is 15.4. The maximum atomic E-state index is 6.20. The number of alkyl halides is 1. The van der Waals surface area contributed by atoms with E-state index in [4.69, 9.17) is 16.3 Å². The molecule has 0 spiro atoms. The molecule has 1 heterocycles. The first-order valence-corrected chi connectivity index (χ1v) is 8.06. The molecule has 5 heteroatoms. The zero-order valence-electron chi connectivity index (χ0n) is 12.2. The molecule has 0 aromatic carbocycles. The second-order valence-electron chi connectivity index (χ2n) is 5.64. The Labute approximate surface area is 126 Å². The van der Waals surface area contributed by atoms with Gasteiger partial charge in [-0.25, -0.2) is 0 Å². The minimum absolute atomic E-state index is 0.210. The number of hydrogen-bond acceptors (Lipinski definition) is 4. The van der Waals surface area contributed by atoms with Gasteiger partial charge in [-0.15, -0.1) is 11.6 Å². The van der Waals surface area contributed by atoms with E-state index in [0.717, 1.165) is 18.8 Å². The Morgan fingerprint density at radius 1 is 1.30 bits per heavy atom. The Kier molecular flexibility index (Phi) is 5.89. The zero-order valence-corrected chi connectivity index (χ0v) is 13.0. The van der Waals surface area contributed by atoms with Gasteiger partial charge in [0.2, 0.25) is 5.88 Å². The van der Waals surface area contributed by atoms with Gasteiger partial charge in [0.1, 0.15) is 5.82 Å². The molecule has 1 fully saturated rings. The van der Waals surface area contributed by atoms with Crippen molar-refractivity contribution in [1.29, 1.82) is 0 Å². The third-order valence-electron chi connectivity index (χ3n) is 3.91. The van der Waals surface area contributed by atoms with Gasteiger partial charge in [0.15, 0.2) is 0 Å². The van der Waals surface area contributed by atoms with Crippen molar-refractivity contribution in [2.75, 3.05) is 24.3 Å². The van der Waals surface area contributed by atoms with Crippen LogP contribution < -0.4 is 10.1 Å². The van der Waals surface area contributed by atoms with Gasteiger partial charge in [-0.3, -0.25) is 4.98 Å². The van der Waals surface area contributed by atoms with Gasteiger partial charge in [0.25, 0.3) is 0 Å². The molecular weight excluding hydrogens is 274 g/mol. The highest BCUT2D eigenvalue weighted by Crippen LogP contribution is 2.37. The van der Waals surface area contributed by atoms with E-state index in [-0.39, 0.29) is 5.41 Å². The van der Waals surface area contributed by atoms with Crippen molar-refractivity contribution in [3.05, 3.63) is 12.4 Å². The fourth-order valence-corrected chi connectivity index (χ4v) is 3.01. The van der Waals surface area contributed by atoms with Crippen LogP contribution in [0.4, 0.5) is 5.82 Å². The summed E-state index contributed by atoms with van der Waals surface area (Å²) in [5, 5.41) is 3.38. The van der Waals surface area contributed by atoms with Crippen LogP contribution in [-0.2, 0) is 0 Å². The van der Waals surface area contributed by atoms with Crippen molar-refractivity contribution in [1.82, 2.24) is 9.97 Å². The highest BCUT2D eigenvalue weighted by atomic mass is 35.5. The van der Waals surface area contributed by atoms with Crippen LogP contribution in [0.1, 0.15) is 45.4 Å². The predicted octanol–water partition coefficient (Wildman–Crippen LogP) is 3.87. The van der Waals surface area contributed by atoms with E-state index in [0.29, 0.717) is 18.4 Å². The molecule has 0 radical (unpaired) electrons. The standard InChI is InChI=1S/C15H24ClN3O/c1-2-8-20-14-10-17-9-13(19-14)18-12-15(11-16)6-4-3-5-7-15/h9-10H,2-8,11-12H2,1H3,(H,18,19). The lowest BCUT2D eigenvalue weighted by atomic mass is 9.75. The van der Waals surface area contributed by atoms with E-state index in [1.165, 1.54) is 32.1 Å². The molecular formula is C15H24ClN3O. The molecule has 20 heavy (non-hydrogen) atoms. The van der Waals surface area contributed by atoms with Crippen molar-refractivity contribution >= 4 is 17.4 Å². The molecule has 4 nitrogen and oxygen atoms in total. The Bertz CT molecular complexity index is 408. The van der Waals surface area contributed by atoms with E-state index >= 15 is 0 Å². The third kappa shape index (κ3) is 4.23. The molecule has 1 aromatic rings. The highest BCUT2D eigenvalue weighted by molar-refractivity contribution is 6.18. The van der Waals surface area contributed by atoms with Crippen molar-refractivity contribution in [3.63, 3.8) is 0 Å². The lowest BCUT2D eigenvalue weighted by molar-refractivity contribution is 0.237. The number of aromatic nitrogens is 2. The van der Waals surface area contributed by atoms with Gasteiger partial charge < -0.3 is 10.1 Å². The fourth-order valence-electron chi connectivity index (χ4n) is 2.65. The van der Waals surface area contributed by atoms with Crippen LogP contribution in [-0.4, -0.2) is 29.0 Å². The van der Waals surface area contributed by atoms with Crippen LogP contribution in [0.3, 0.4) is 0 Å². The molecule has 1 aliphatic rings. The number of halogens is 1. The number of hydrogen-bond donors (Lipinski definition) is 1. The first-order chi connectivity index (χ1) is 9.78. The van der Waals surface area contributed by atoms with Crippen LogP contribution in [0.15, 0.2) is 12.4 Å². The Hall–Kier alpha value is -1.03. The summed E-state index contributed by atoms with van der Waals surface area (Å²) < 4.78 is 5.50. The Morgan fingerprint density at radius 3 is 2.80 bits per heavy atom. The van der Waals surface area contributed by atoms with Gasteiger partial charge in [-0.2, -0.15) is 4.98 Å². The van der Waals surface area contributed by atoms with Crippen LogP contribution in [0.25, 0.3) is 0 Å². The highest BCUT2D eigenvalue weighted by Gasteiger charge is 2.31. The summed E-state index contributed by atoms with van der Waals surface area (Å²) in [6, 6.07) is 0. The summed E-state index contributed by atoms with van der Waals surface area (Å²) >= 11 is 6.20. The van der Waals surface area contributed by atoms with Crippen molar-refractivity contribution < 1.29 is 4.74 Å². The van der Waals surface area contributed by atoms with E-state index in [2.05, 4.69) is 22.2 Å². The van der Waals surface area contributed by atoms with Crippen LogP contribution >= 0.6 is 11.6 Å². The maximum absolute atomic E-state index is 6.20. The topological polar surface area (TPSA) is 47.0 Å². The Morgan fingerprint density at radius 2 is 2.10 bits per heavy atom. The second kappa shape index (κ2) is 7.67. The molecule has 1 aliphatic carbocycles. The molecule has 0 saturated heterocycles. The summed E-state index contributed by atoms with van der Waals surface area (Å²) in [5.41, 5.74) is 0.210. The largest absolute Gasteiger partial charge is 0.477 e. The number of nitrogens with zero attached hydrogens (tertiary/aromatic N) is 2. The fraction of sp³-hybridized carbons (Fsp3) is 0.733. The molecule has 0 unspecified atom stereocenters. The van der Waals surface area contributed by atoms with Gasteiger partial charge in [0.05, 0.1) is 19.0 Å². The zero-order chi connectivity index (χ0) is 14.3. The monoisotopic (exact) mass is 297 g/mol. The van der Waals surface area contributed by atoms with Crippen LogP contribution in [0, 0.1) is 5.41 Å². The maximum Gasteiger partial charge on any atom is 0.234 e. The van der Waals surface area contributed by atoms with Gasteiger partial charge >= 0.3 is 0 Å². The summed E-state index contributed by atoms with van der Waals surface area (Å²) in [7, 11) is 0. The van der Waals surface area contributed by atoms with Crippen molar-refractivity contribution in [3.8, 4) is 5.88 Å². The summed E-state index contributed by atoms with van der Waals surface area (Å²) in [4.78, 5) is 8.59. The van der Waals surface area contributed by atoms with E-state index in [9.17, 15) is 0 Å². The predicted molar refractivity (Wildman–Crippen MR) is 82.5 cm³/mol. The number of ether oxygens (including phenoxy) is 1. The minimum atomic E-state index is 0.210. The first-order valence-electron chi connectivity index (χ1n) is 7.53. The van der Waals surface area contributed by atoms with Crippen LogP contribution in [0.2, 0.25) is 0 Å². The van der Waals surface area contributed by atoms with E-state index in [1.807, 2.05) is 0 Å². The molecule has 112 valence electrons. The smallest absolute Gasteiger partial charge is 0.234 e. The Balaban J connectivity index is 1.92. The normalized spacial score (nSPS) is 17.7. The molecule has 1 aromatic heterocycles. The van der Waals surface area contributed by atoms with Crippen molar-refractivity contribution in [2.45, 2.75) is 45.4 Å². The lowest BCUT2D eigenvalue weighted by Crippen LogP contribution is -2.34. The molecule has 0 atom stereocenters. The summed E-state index contributed by atoms with van der Waals surface area (Å²) in [6.07, 6.45) is 10.6. The average Bonchev–Trinajstić information content (AvgIpc) is 2.52. The number of anilines is 1. The summed E-state index contributed by atoms with van der Waals surface area (Å²) in [6.45, 7) is 3.61. The molecule has 2 rings (SSSR count). The molecule has 0 amide bonds. The molecule has 1 N–H and O–H groups in total. The molecule has 0 bridgehead atoms. The average molecular weight is 298 g/mol. The lowest BCUT2D eigenvalue weighted by Gasteiger charge is -2.35. The van der Waals surface area contributed by atoms with Gasteiger partial charge in [-0.05, 0) is 19.3 Å².